The van der Waals surface area contributed by atoms with Gasteiger partial charge in [-0.3, -0.25) is 0 Å². The maximum atomic E-state index is 4.04. The molecule has 0 amide bonds. The van der Waals surface area contributed by atoms with Crippen molar-refractivity contribution in [2.75, 3.05) is 0 Å². The lowest BCUT2D eigenvalue weighted by molar-refractivity contribution is 0.457. The summed E-state index contributed by atoms with van der Waals surface area (Å²) in [4.78, 5) is 0. The summed E-state index contributed by atoms with van der Waals surface area (Å²) in [7, 11) is 0. The van der Waals surface area contributed by atoms with Crippen molar-refractivity contribution in [3.8, 4) is 0 Å². The molecule has 0 heterocycles. The highest BCUT2D eigenvalue weighted by Gasteiger charge is 2.40. The molecule has 144 valence electrons. The smallest absolute Gasteiger partial charge is 0.0331 e. The molecule has 0 aliphatic heterocycles. The first-order valence-electron chi connectivity index (χ1n) is 10.7. The molecule has 3 unspecified atom stereocenters. The summed E-state index contributed by atoms with van der Waals surface area (Å²) in [6, 6.07) is 28.1. The van der Waals surface area contributed by atoms with Gasteiger partial charge in [-0.05, 0) is 76.1 Å². The van der Waals surface area contributed by atoms with Crippen LogP contribution in [-0.4, -0.2) is 6.04 Å². The predicted octanol–water partition coefficient (Wildman–Crippen LogP) is 7.28. The number of hydrogen-bond acceptors (Lipinski definition) is 1. The van der Waals surface area contributed by atoms with E-state index in [1.54, 1.807) is 5.56 Å². The molecular weight excluding hydrogens is 418 g/mol. The van der Waals surface area contributed by atoms with Crippen LogP contribution in [0.1, 0.15) is 47.9 Å². The second-order valence-electron chi connectivity index (χ2n) is 8.63. The van der Waals surface area contributed by atoms with E-state index in [1.165, 1.54) is 58.4 Å². The number of nitrogens with one attached hydrogen (secondary N) is 1. The molecule has 4 aromatic rings. The molecule has 0 saturated heterocycles. The van der Waals surface area contributed by atoms with Crippen molar-refractivity contribution in [3.63, 3.8) is 0 Å². The Labute approximate surface area is 180 Å². The summed E-state index contributed by atoms with van der Waals surface area (Å²) in [5.41, 5.74) is 4.56. The van der Waals surface area contributed by atoms with E-state index in [4.69, 9.17) is 0 Å². The number of hydrogen-bond donors (Lipinski definition) is 1. The third-order valence-electron chi connectivity index (χ3n) is 6.85. The quantitative estimate of drug-likeness (QED) is 0.329. The van der Waals surface area contributed by atoms with Crippen LogP contribution in [0.15, 0.2) is 77.3 Å². The highest BCUT2D eigenvalue weighted by Crippen LogP contribution is 2.45. The zero-order chi connectivity index (χ0) is 19.4. The second-order valence-corrected chi connectivity index (χ2v) is 9.55. The van der Waals surface area contributed by atoms with Crippen LogP contribution in [0, 0.1) is 0 Å². The van der Waals surface area contributed by atoms with Crippen LogP contribution in [0.4, 0.5) is 0 Å². The van der Waals surface area contributed by atoms with E-state index >= 15 is 0 Å². The molecule has 3 atom stereocenters. The minimum absolute atomic E-state index is 0.467. The molecule has 0 spiro atoms. The molecule has 0 aromatic heterocycles. The van der Waals surface area contributed by atoms with Gasteiger partial charge in [0.15, 0.2) is 0 Å². The Kier molecular flexibility index (Phi) is 4.25. The van der Waals surface area contributed by atoms with E-state index in [9.17, 15) is 0 Å². The van der Waals surface area contributed by atoms with E-state index in [1.807, 2.05) is 0 Å². The van der Waals surface area contributed by atoms with Gasteiger partial charge in [0.1, 0.15) is 0 Å². The lowest BCUT2D eigenvalue weighted by atomic mass is 9.83. The normalized spacial score (nSPS) is 23.3. The van der Waals surface area contributed by atoms with Crippen molar-refractivity contribution in [1.82, 2.24) is 5.32 Å². The molecule has 1 nitrogen and oxygen atoms in total. The van der Waals surface area contributed by atoms with Gasteiger partial charge in [-0.25, -0.2) is 0 Å². The average Bonchev–Trinajstić information content (AvgIpc) is 3.53. The van der Waals surface area contributed by atoms with Crippen molar-refractivity contribution in [1.29, 1.82) is 0 Å². The summed E-state index contributed by atoms with van der Waals surface area (Å²) >= 11 is 3.55. The first-order chi connectivity index (χ1) is 14.3. The summed E-state index contributed by atoms with van der Waals surface area (Å²) in [6.07, 6.45) is 4.97. The Morgan fingerprint density at radius 1 is 0.793 bits per heavy atom. The Hall–Kier alpha value is -2.16. The van der Waals surface area contributed by atoms with Gasteiger partial charge in [-0.15, -0.1) is 0 Å². The van der Waals surface area contributed by atoms with Crippen LogP contribution < -0.4 is 5.32 Å². The highest BCUT2D eigenvalue weighted by molar-refractivity contribution is 9.10. The Bertz CT molecular complexity index is 1210. The van der Waals surface area contributed by atoms with Gasteiger partial charge in [-0.2, -0.15) is 0 Å². The maximum Gasteiger partial charge on any atom is 0.0331 e. The van der Waals surface area contributed by atoms with Crippen LogP contribution in [0.5, 0.6) is 0 Å². The fourth-order valence-electron chi connectivity index (χ4n) is 5.31. The lowest BCUT2D eigenvalue weighted by Gasteiger charge is -2.29. The van der Waals surface area contributed by atoms with Gasteiger partial charge >= 0.3 is 0 Å². The highest BCUT2D eigenvalue weighted by atomic mass is 79.9. The Balaban J connectivity index is 1.36. The number of fused-ring (bicyclic) bond motifs is 5. The molecule has 1 fully saturated rings. The van der Waals surface area contributed by atoms with E-state index in [2.05, 4.69) is 94.0 Å². The SMILES string of the molecule is Brc1ccc(C2CC2NC2CCCc3ccc4c(ccc5ccccc54)c32)cc1. The van der Waals surface area contributed by atoms with Gasteiger partial charge in [0.05, 0.1) is 0 Å². The third kappa shape index (κ3) is 3.10. The summed E-state index contributed by atoms with van der Waals surface area (Å²) < 4.78 is 1.16. The summed E-state index contributed by atoms with van der Waals surface area (Å²) in [5, 5.41) is 9.59. The predicted molar refractivity (Wildman–Crippen MR) is 126 cm³/mol. The van der Waals surface area contributed by atoms with Crippen LogP contribution in [-0.2, 0) is 6.42 Å². The number of aryl methyl sites for hydroxylation is 1. The van der Waals surface area contributed by atoms with Gasteiger partial charge in [0.25, 0.3) is 0 Å². The molecule has 0 radical (unpaired) electrons. The van der Waals surface area contributed by atoms with E-state index in [0.29, 0.717) is 18.0 Å². The number of benzene rings is 4. The monoisotopic (exact) mass is 441 g/mol. The first-order valence-corrected chi connectivity index (χ1v) is 11.5. The second kappa shape index (κ2) is 6.97. The third-order valence-corrected chi connectivity index (χ3v) is 7.38. The van der Waals surface area contributed by atoms with Crippen LogP contribution in [0.2, 0.25) is 0 Å². The van der Waals surface area contributed by atoms with Crippen LogP contribution in [0.3, 0.4) is 0 Å². The van der Waals surface area contributed by atoms with E-state index in [-0.39, 0.29) is 0 Å². The van der Waals surface area contributed by atoms with Crippen LogP contribution >= 0.6 is 15.9 Å². The lowest BCUT2D eigenvalue weighted by Crippen LogP contribution is -2.28. The molecule has 2 aliphatic carbocycles. The fraction of sp³-hybridized carbons (Fsp3) is 0.259. The largest absolute Gasteiger partial charge is 0.307 e. The number of rotatable bonds is 3. The zero-order valence-corrected chi connectivity index (χ0v) is 18.0. The van der Waals surface area contributed by atoms with Crippen molar-refractivity contribution >= 4 is 37.5 Å². The van der Waals surface area contributed by atoms with Gasteiger partial charge in [0.2, 0.25) is 0 Å². The average molecular weight is 442 g/mol. The molecule has 2 aliphatic rings. The van der Waals surface area contributed by atoms with Crippen molar-refractivity contribution in [2.24, 2.45) is 0 Å². The molecule has 2 heteroatoms. The minimum Gasteiger partial charge on any atom is -0.307 e. The topological polar surface area (TPSA) is 12.0 Å². The standard InChI is InChI=1S/C27H24BrN/c28-20-12-8-18(9-13-20)24-16-26(24)29-25-7-3-5-19-11-14-22-21-6-2-1-4-17(21)10-15-23(22)27(19)25/h1-2,4,6,8-15,24-26,29H,3,5,7,16H2. The summed E-state index contributed by atoms with van der Waals surface area (Å²) in [5.74, 6) is 0.657. The van der Waals surface area contributed by atoms with Gasteiger partial charge < -0.3 is 5.32 Å². The van der Waals surface area contributed by atoms with E-state index < -0.39 is 0 Å². The summed E-state index contributed by atoms with van der Waals surface area (Å²) in [6.45, 7) is 0. The molecule has 4 aromatic carbocycles. The number of halogens is 1. The van der Waals surface area contributed by atoms with Crippen molar-refractivity contribution in [3.05, 3.63) is 94.0 Å². The molecule has 29 heavy (non-hydrogen) atoms. The van der Waals surface area contributed by atoms with Gasteiger partial charge in [-0.1, -0.05) is 76.6 Å². The molecule has 1 N–H and O–H groups in total. The Morgan fingerprint density at radius 3 is 2.52 bits per heavy atom. The van der Waals surface area contributed by atoms with Crippen molar-refractivity contribution < 1.29 is 0 Å². The molecule has 6 rings (SSSR count). The maximum absolute atomic E-state index is 4.04. The molecule has 1 saturated carbocycles. The molecular formula is C27H24BrN. The van der Waals surface area contributed by atoms with E-state index in [0.717, 1.165) is 4.47 Å². The first kappa shape index (κ1) is 17.7. The van der Waals surface area contributed by atoms with Crippen molar-refractivity contribution in [2.45, 2.75) is 43.7 Å². The molecule has 0 bridgehead atoms. The van der Waals surface area contributed by atoms with Gasteiger partial charge in [0, 0.05) is 22.5 Å². The Morgan fingerprint density at radius 2 is 1.62 bits per heavy atom. The minimum atomic E-state index is 0.467. The zero-order valence-electron chi connectivity index (χ0n) is 16.4. The fourth-order valence-corrected chi connectivity index (χ4v) is 5.57. The van der Waals surface area contributed by atoms with Crippen LogP contribution in [0.25, 0.3) is 21.5 Å².